The zero-order chi connectivity index (χ0) is 22.0. The molecule has 0 saturated carbocycles. The zero-order valence-electron chi connectivity index (χ0n) is 18.5. The third-order valence-electron chi connectivity index (χ3n) is 6.07. The highest BCUT2D eigenvalue weighted by molar-refractivity contribution is 5.95. The summed E-state index contributed by atoms with van der Waals surface area (Å²) >= 11 is 0. The number of terminal acetylenes is 1. The fourth-order valence-electron chi connectivity index (χ4n) is 4.42. The normalized spacial score (nSPS) is 16.3. The summed E-state index contributed by atoms with van der Waals surface area (Å²) in [6, 6.07) is 9.27. The molecule has 0 bridgehead atoms. The number of hydrogen-bond acceptors (Lipinski definition) is 4. The van der Waals surface area contributed by atoms with E-state index in [9.17, 15) is 4.79 Å². The number of anilines is 1. The fraction of sp³-hybridized carbons (Fsp3) is 0.400. The average molecular weight is 416 g/mol. The van der Waals surface area contributed by atoms with Crippen molar-refractivity contribution in [3.63, 3.8) is 0 Å². The number of amides is 1. The minimum absolute atomic E-state index is 0.00632. The molecule has 0 unspecified atom stereocenters. The van der Waals surface area contributed by atoms with Gasteiger partial charge in [-0.05, 0) is 58.2 Å². The second-order valence-corrected chi connectivity index (χ2v) is 8.03. The fourth-order valence-corrected chi connectivity index (χ4v) is 4.42. The lowest BCUT2D eigenvalue weighted by atomic mass is 9.98. The lowest BCUT2D eigenvalue weighted by molar-refractivity contribution is 0.0605. The smallest absolute Gasteiger partial charge is 0.254 e. The van der Waals surface area contributed by atoms with Gasteiger partial charge in [0.1, 0.15) is 5.82 Å². The van der Waals surface area contributed by atoms with Crippen LogP contribution in [0, 0.1) is 19.3 Å². The standard InChI is InChI=1S/C25H29N5O/c1-5-19-11-10-12-20(15-19)25(31)29-14-9-8-13-22(29)21-16-23-26-24(28(6-2)7-3)18(4)17-30(23)27-21/h1,10-12,15-17,22H,6-9,13-14H2,2-4H3/t22-/m0/s1. The van der Waals surface area contributed by atoms with Gasteiger partial charge < -0.3 is 9.80 Å². The number of aryl methyl sites for hydroxylation is 1. The second-order valence-electron chi connectivity index (χ2n) is 8.03. The van der Waals surface area contributed by atoms with Crippen LogP contribution in [0.2, 0.25) is 0 Å². The molecule has 6 heteroatoms. The summed E-state index contributed by atoms with van der Waals surface area (Å²) < 4.78 is 1.84. The maximum absolute atomic E-state index is 13.3. The quantitative estimate of drug-likeness (QED) is 0.585. The number of likely N-dealkylation sites (tertiary alicyclic amines) is 1. The summed E-state index contributed by atoms with van der Waals surface area (Å²) in [5.74, 6) is 3.61. The van der Waals surface area contributed by atoms with Crippen molar-refractivity contribution in [1.29, 1.82) is 0 Å². The first-order valence-corrected chi connectivity index (χ1v) is 11.0. The van der Waals surface area contributed by atoms with Crippen molar-refractivity contribution >= 4 is 17.4 Å². The molecule has 1 saturated heterocycles. The number of nitrogens with zero attached hydrogens (tertiary/aromatic N) is 5. The molecule has 1 aromatic carbocycles. The molecule has 1 aliphatic heterocycles. The average Bonchev–Trinajstić information content (AvgIpc) is 3.22. The summed E-state index contributed by atoms with van der Waals surface area (Å²) in [5, 5.41) is 4.82. The van der Waals surface area contributed by atoms with Crippen molar-refractivity contribution in [3.05, 3.63) is 58.9 Å². The van der Waals surface area contributed by atoms with Gasteiger partial charge in [0.15, 0.2) is 5.65 Å². The predicted molar refractivity (Wildman–Crippen MR) is 123 cm³/mol. The van der Waals surface area contributed by atoms with E-state index in [0.717, 1.165) is 67.2 Å². The third kappa shape index (κ3) is 4.00. The summed E-state index contributed by atoms with van der Waals surface area (Å²) in [6.45, 7) is 8.87. The van der Waals surface area contributed by atoms with E-state index in [2.05, 4.69) is 31.6 Å². The number of carbonyl (C=O) groups is 1. The van der Waals surface area contributed by atoms with Crippen LogP contribution in [0.5, 0.6) is 0 Å². The molecule has 31 heavy (non-hydrogen) atoms. The van der Waals surface area contributed by atoms with Crippen molar-refractivity contribution in [2.24, 2.45) is 0 Å². The Morgan fingerprint density at radius 1 is 1.26 bits per heavy atom. The Labute approximate surface area is 183 Å². The third-order valence-corrected chi connectivity index (χ3v) is 6.07. The highest BCUT2D eigenvalue weighted by Crippen LogP contribution is 2.32. The van der Waals surface area contributed by atoms with E-state index in [1.165, 1.54) is 0 Å². The SMILES string of the molecule is C#Cc1cccc(C(=O)N2CCCC[C@H]2c2cc3nc(N(CC)CC)c(C)cn3n2)c1. The monoisotopic (exact) mass is 415 g/mol. The van der Waals surface area contributed by atoms with Crippen LogP contribution in [0.15, 0.2) is 36.5 Å². The molecule has 1 atom stereocenters. The zero-order valence-corrected chi connectivity index (χ0v) is 18.5. The molecule has 1 fully saturated rings. The van der Waals surface area contributed by atoms with Gasteiger partial charge in [-0.3, -0.25) is 4.79 Å². The van der Waals surface area contributed by atoms with Gasteiger partial charge in [0.05, 0.1) is 11.7 Å². The van der Waals surface area contributed by atoms with Gasteiger partial charge >= 0.3 is 0 Å². The number of hydrogen-bond donors (Lipinski definition) is 0. The maximum atomic E-state index is 13.3. The van der Waals surface area contributed by atoms with Crippen LogP contribution in [0.4, 0.5) is 5.82 Å². The van der Waals surface area contributed by atoms with Crippen LogP contribution in [-0.4, -0.2) is 45.0 Å². The van der Waals surface area contributed by atoms with Crippen LogP contribution < -0.4 is 4.90 Å². The number of rotatable bonds is 5. The molecule has 6 nitrogen and oxygen atoms in total. The van der Waals surface area contributed by atoms with E-state index < -0.39 is 0 Å². The first-order valence-electron chi connectivity index (χ1n) is 11.0. The van der Waals surface area contributed by atoms with E-state index in [1.807, 2.05) is 39.9 Å². The molecule has 1 amide bonds. The number of aromatic nitrogens is 3. The van der Waals surface area contributed by atoms with E-state index in [4.69, 9.17) is 16.5 Å². The van der Waals surface area contributed by atoms with Crippen molar-refractivity contribution in [2.75, 3.05) is 24.5 Å². The van der Waals surface area contributed by atoms with E-state index in [-0.39, 0.29) is 11.9 Å². The molecule has 0 N–H and O–H groups in total. The molecule has 1 aliphatic rings. The lowest BCUT2D eigenvalue weighted by Crippen LogP contribution is -2.38. The van der Waals surface area contributed by atoms with Gasteiger partial charge in [0.25, 0.3) is 5.91 Å². The molecule has 160 valence electrons. The van der Waals surface area contributed by atoms with Gasteiger partial charge in [0, 0.05) is 48.6 Å². The van der Waals surface area contributed by atoms with Crippen LogP contribution in [0.1, 0.15) is 66.3 Å². The molecule has 2 aromatic heterocycles. The highest BCUT2D eigenvalue weighted by atomic mass is 16.2. The minimum atomic E-state index is -0.0605. The number of benzene rings is 1. The van der Waals surface area contributed by atoms with Gasteiger partial charge in [-0.1, -0.05) is 12.0 Å². The number of piperidine rings is 1. The van der Waals surface area contributed by atoms with E-state index in [1.54, 1.807) is 6.07 Å². The molecule has 4 rings (SSSR count). The molecular weight excluding hydrogens is 386 g/mol. The Balaban J connectivity index is 1.69. The summed E-state index contributed by atoms with van der Waals surface area (Å²) in [7, 11) is 0. The van der Waals surface area contributed by atoms with Gasteiger partial charge in [0.2, 0.25) is 0 Å². The largest absolute Gasteiger partial charge is 0.357 e. The summed E-state index contributed by atoms with van der Waals surface area (Å²) in [6.07, 6.45) is 10.5. The van der Waals surface area contributed by atoms with Gasteiger partial charge in [-0.2, -0.15) is 5.10 Å². The number of fused-ring (bicyclic) bond motifs is 1. The van der Waals surface area contributed by atoms with Crippen molar-refractivity contribution in [3.8, 4) is 12.3 Å². The molecule has 0 radical (unpaired) electrons. The Hall–Kier alpha value is -3.33. The van der Waals surface area contributed by atoms with E-state index >= 15 is 0 Å². The van der Waals surface area contributed by atoms with Crippen LogP contribution in [0.25, 0.3) is 5.65 Å². The lowest BCUT2D eigenvalue weighted by Gasteiger charge is -2.34. The van der Waals surface area contributed by atoms with Gasteiger partial charge in [-0.25, -0.2) is 9.50 Å². The Morgan fingerprint density at radius 3 is 2.81 bits per heavy atom. The van der Waals surface area contributed by atoms with Crippen molar-refractivity contribution in [2.45, 2.75) is 46.1 Å². The predicted octanol–water partition coefficient (Wildman–Crippen LogP) is 4.23. The highest BCUT2D eigenvalue weighted by Gasteiger charge is 2.31. The van der Waals surface area contributed by atoms with Crippen LogP contribution in [0.3, 0.4) is 0 Å². The van der Waals surface area contributed by atoms with Crippen LogP contribution in [-0.2, 0) is 0 Å². The summed E-state index contributed by atoms with van der Waals surface area (Å²) in [5.41, 5.74) is 4.15. The van der Waals surface area contributed by atoms with Crippen molar-refractivity contribution < 1.29 is 4.79 Å². The second kappa shape index (κ2) is 8.81. The van der Waals surface area contributed by atoms with Crippen molar-refractivity contribution in [1.82, 2.24) is 19.5 Å². The Bertz CT molecular complexity index is 1140. The number of carbonyl (C=O) groups excluding carboxylic acids is 1. The topological polar surface area (TPSA) is 53.7 Å². The summed E-state index contributed by atoms with van der Waals surface area (Å²) in [4.78, 5) is 22.4. The Kier molecular flexibility index (Phi) is 5.94. The molecular formula is C25H29N5O. The molecule has 3 aromatic rings. The van der Waals surface area contributed by atoms with Gasteiger partial charge in [-0.15, -0.1) is 6.42 Å². The maximum Gasteiger partial charge on any atom is 0.254 e. The Morgan fingerprint density at radius 2 is 2.06 bits per heavy atom. The first-order chi connectivity index (χ1) is 15.0. The van der Waals surface area contributed by atoms with E-state index in [0.29, 0.717) is 5.56 Å². The van der Waals surface area contributed by atoms with Crippen LogP contribution >= 0.6 is 0 Å². The molecule has 0 aliphatic carbocycles. The minimum Gasteiger partial charge on any atom is -0.357 e. The first kappa shape index (κ1) is 20.9. The molecule has 0 spiro atoms. The molecule has 3 heterocycles.